The number of halogens is 2. The van der Waals surface area contributed by atoms with Crippen LogP contribution in [0.5, 0.6) is 0 Å². The molecule has 27 heavy (non-hydrogen) atoms. The van der Waals surface area contributed by atoms with Crippen molar-refractivity contribution in [1.29, 1.82) is 0 Å². The lowest BCUT2D eigenvalue weighted by Crippen LogP contribution is -2.35. The van der Waals surface area contributed by atoms with Gasteiger partial charge in [0.25, 0.3) is 0 Å². The quantitative estimate of drug-likeness (QED) is 0.699. The van der Waals surface area contributed by atoms with Crippen molar-refractivity contribution in [3.8, 4) is 0 Å². The normalized spacial score (nSPS) is 16.0. The number of nitrogens with zero attached hydrogens (tertiary/aromatic N) is 1. The molecule has 1 heterocycles. The van der Waals surface area contributed by atoms with E-state index in [9.17, 15) is 17.6 Å². The fourth-order valence-corrected chi connectivity index (χ4v) is 5.21. The maximum absolute atomic E-state index is 13.2. The van der Waals surface area contributed by atoms with Gasteiger partial charge in [0.2, 0.25) is 10.0 Å². The van der Waals surface area contributed by atoms with Crippen molar-refractivity contribution in [3.63, 3.8) is 0 Å². The number of rotatable bonds is 5. The third-order valence-corrected chi connectivity index (χ3v) is 6.81. The Kier molecular flexibility index (Phi) is 4.17. The molecule has 2 aromatic carbocycles. The minimum Gasteiger partial charge on any atom is -0.408 e. The van der Waals surface area contributed by atoms with Crippen molar-refractivity contribution in [2.24, 2.45) is 0 Å². The van der Waals surface area contributed by atoms with Gasteiger partial charge in [-0.1, -0.05) is 23.7 Å². The van der Waals surface area contributed by atoms with Gasteiger partial charge in [-0.25, -0.2) is 22.3 Å². The highest BCUT2D eigenvalue weighted by Crippen LogP contribution is 2.47. The molecule has 4 rings (SSSR count). The molecule has 1 aromatic heterocycles. The van der Waals surface area contributed by atoms with Gasteiger partial charge >= 0.3 is 5.76 Å². The van der Waals surface area contributed by atoms with Crippen LogP contribution in [0.1, 0.15) is 25.3 Å². The molecule has 1 saturated carbocycles. The van der Waals surface area contributed by atoms with Crippen molar-refractivity contribution in [1.82, 2.24) is 9.29 Å². The fourth-order valence-electron chi connectivity index (χ4n) is 3.23. The molecule has 0 bridgehead atoms. The molecule has 0 radical (unpaired) electrons. The summed E-state index contributed by atoms with van der Waals surface area (Å²) in [6.45, 7) is 2.15. The van der Waals surface area contributed by atoms with E-state index in [1.807, 2.05) is 0 Å². The van der Waals surface area contributed by atoms with E-state index in [-0.39, 0.29) is 21.3 Å². The Labute approximate surface area is 159 Å². The van der Waals surface area contributed by atoms with Gasteiger partial charge in [-0.15, -0.1) is 0 Å². The summed E-state index contributed by atoms with van der Waals surface area (Å²) in [6.07, 6.45) is 1.19. The van der Waals surface area contributed by atoms with E-state index in [1.54, 1.807) is 19.1 Å². The molecule has 0 amide bonds. The average molecular weight is 411 g/mol. The zero-order chi connectivity index (χ0) is 19.4. The van der Waals surface area contributed by atoms with Crippen LogP contribution >= 0.6 is 11.6 Å². The molecule has 1 aliphatic rings. The van der Waals surface area contributed by atoms with Crippen LogP contribution < -0.4 is 10.5 Å². The smallest absolute Gasteiger partial charge is 0.408 e. The van der Waals surface area contributed by atoms with Crippen molar-refractivity contribution in [2.45, 2.75) is 36.7 Å². The molecule has 1 N–H and O–H groups in total. The van der Waals surface area contributed by atoms with Gasteiger partial charge in [0.05, 0.1) is 16.1 Å². The molecule has 9 heteroatoms. The maximum Gasteiger partial charge on any atom is 0.419 e. The summed E-state index contributed by atoms with van der Waals surface area (Å²) in [4.78, 5) is 11.7. The minimum absolute atomic E-state index is 0.00657. The van der Waals surface area contributed by atoms with E-state index < -0.39 is 21.3 Å². The molecule has 6 nitrogen and oxygen atoms in total. The van der Waals surface area contributed by atoms with E-state index in [1.165, 1.54) is 28.8 Å². The highest BCUT2D eigenvalue weighted by atomic mass is 35.5. The first-order valence-electron chi connectivity index (χ1n) is 8.39. The summed E-state index contributed by atoms with van der Waals surface area (Å²) in [7, 11) is -3.99. The number of fused-ring (bicyclic) bond motifs is 1. The molecule has 0 spiro atoms. The zero-order valence-corrected chi connectivity index (χ0v) is 15.9. The molecular weight excluding hydrogens is 395 g/mol. The molecule has 3 aromatic rings. The summed E-state index contributed by atoms with van der Waals surface area (Å²) in [5, 5.41) is -0.00657. The van der Waals surface area contributed by atoms with Crippen molar-refractivity contribution < 1.29 is 17.2 Å². The third kappa shape index (κ3) is 3.07. The van der Waals surface area contributed by atoms with Crippen LogP contribution in [0.3, 0.4) is 0 Å². The Balaban J connectivity index is 1.75. The summed E-state index contributed by atoms with van der Waals surface area (Å²) < 4.78 is 48.3. The Morgan fingerprint density at radius 1 is 1.26 bits per heavy atom. The molecule has 0 atom stereocenters. The molecule has 0 saturated heterocycles. The standard InChI is InChI=1S/C18H16ClFN2O4S/c1-2-22-14-9-13(19)16(10-15(14)26-17(22)23)27(24,25)21-18(7-8-18)11-3-5-12(20)6-4-11/h3-6,9-10,21H,2,7-8H2,1H3. The Bertz CT molecular complexity index is 1190. The van der Waals surface area contributed by atoms with Gasteiger partial charge in [-0.3, -0.25) is 4.57 Å². The lowest BCUT2D eigenvalue weighted by Gasteiger charge is -2.18. The van der Waals surface area contributed by atoms with Crippen molar-refractivity contribution in [2.75, 3.05) is 0 Å². The minimum atomic E-state index is -3.99. The van der Waals surface area contributed by atoms with E-state index in [4.69, 9.17) is 16.0 Å². The van der Waals surface area contributed by atoms with E-state index in [0.29, 0.717) is 30.5 Å². The van der Waals surface area contributed by atoms with Crippen LogP contribution in [0.4, 0.5) is 4.39 Å². The van der Waals surface area contributed by atoms with Crippen LogP contribution in [0.25, 0.3) is 11.1 Å². The van der Waals surface area contributed by atoms with E-state index in [0.717, 1.165) is 0 Å². The van der Waals surface area contributed by atoms with Gasteiger partial charge in [-0.2, -0.15) is 0 Å². The molecule has 0 unspecified atom stereocenters. The van der Waals surface area contributed by atoms with Gasteiger partial charge in [0.15, 0.2) is 5.58 Å². The van der Waals surface area contributed by atoms with Crippen molar-refractivity contribution in [3.05, 3.63) is 63.4 Å². The molecule has 1 aliphatic carbocycles. The third-order valence-electron chi connectivity index (χ3n) is 4.80. The van der Waals surface area contributed by atoms with Crippen LogP contribution in [0.15, 0.2) is 50.5 Å². The Morgan fingerprint density at radius 2 is 1.93 bits per heavy atom. The highest BCUT2D eigenvalue weighted by molar-refractivity contribution is 7.89. The number of sulfonamides is 1. The number of aryl methyl sites for hydroxylation is 1. The highest BCUT2D eigenvalue weighted by Gasteiger charge is 2.48. The second kappa shape index (κ2) is 6.19. The summed E-state index contributed by atoms with van der Waals surface area (Å²) in [6, 6.07) is 8.40. The summed E-state index contributed by atoms with van der Waals surface area (Å²) in [5.74, 6) is -0.961. The lowest BCUT2D eigenvalue weighted by atomic mass is 10.1. The van der Waals surface area contributed by atoms with Crippen molar-refractivity contribution >= 4 is 32.7 Å². The summed E-state index contributed by atoms with van der Waals surface area (Å²) >= 11 is 6.22. The number of oxazole rings is 1. The van der Waals surface area contributed by atoms with Gasteiger partial charge in [0.1, 0.15) is 10.7 Å². The van der Waals surface area contributed by atoms with E-state index in [2.05, 4.69) is 4.72 Å². The first kappa shape index (κ1) is 18.2. The number of aromatic nitrogens is 1. The number of hydrogen-bond donors (Lipinski definition) is 1. The predicted molar refractivity (Wildman–Crippen MR) is 98.8 cm³/mol. The SMILES string of the molecule is CCn1c(=O)oc2cc(S(=O)(=O)NC3(c4ccc(F)cc4)CC3)c(Cl)cc21. The van der Waals surface area contributed by atoms with Crippen LogP contribution in [-0.4, -0.2) is 13.0 Å². The van der Waals surface area contributed by atoms with Gasteiger partial charge in [0, 0.05) is 12.6 Å². The first-order chi connectivity index (χ1) is 12.8. The molecule has 142 valence electrons. The molecule has 0 aliphatic heterocycles. The van der Waals surface area contributed by atoms with Crippen LogP contribution in [0, 0.1) is 5.82 Å². The van der Waals surface area contributed by atoms with E-state index >= 15 is 0 Å². The predicted octanol–water partition coefficient (Wildman–Crippen LogP) is 3.37. The molecule has 1 fully saturated rings. The number of hydrogen-bond acceptors (Lipinski definition) is 4. The first-order valence-corrected chi connectivity index (χ1v) is 10.2. The molecular formula is C18H16ClFN2O4S. The second-order valence-electron chi connectivity index (χ2n) is 6.56. The van der Waals surface area contributed by atoms with Gasteiger partial charge in [-0.05, 0) is 43.5 Å². The summed E-state index contributed by atoms with van der Waals surface area (Å²) in [5.41, 5.74) is 0.499. The monoisotopic (exact) mass is 410 g/mol. The number of nitrogens with one attached hydrogen (secondary N) is 1. The topological polar surface area (TPSA) is 81.3 Å². The fraction of sp³-hybridized carbons (Fsp3) is 0.278. The Hall–Kier alpha value is -2.16. The lowest BCUT2D eigenvalue weighted by molar-refractivity contribution is 0.512. The zero-order valence-electron chi connectivity index (χ0n) is 14.3. The largest absolute Gasteiger partial charge is 0.419 e. The van der Waals surface area contributed by atoms with Crippen LogP contribution in [-0.2, 0) is 22.1 Å². The Morgan fingerprint density at radius 3 is 2.52 bits per heavy atom. The van der Waals surface area contributed by atoms with Crippen LogP contribution in [0.2, 0.25) is 5.02 Å². The maximum atomic E-state index is 13.2. The second-order valence-corrected chi connectivity index (χ2v) is 8.62. The van der Waals surface area contributed by atoms with Gasteiger partial charge < -0.3 is 4.42 Å². The number of benzene rings is 2. The average Bonchev–Trinajstić information content (AvgIpc) is 3.30.